The molecule has 2 N–H and O–H groups in total. The summed E-state index contributed by atoms with van der Waals surface area (Å²) in [7, 11) is 0. The van der Waals surface area contributed by atoms with Crippen molar-refractivity contribution in [1.82, 2.24) is 10.2 Å². The van der Waals surface area contributed by atoms with Crippen LogP contribution in [0.5, 0.6) is 0 Å². The summed E-state index contributed by atoms with van der Waals surface area (Å²) in [5.74, 6) is -2.49. The molecule has 0 spiro atoms. The zero-order valence-electron chi connectivity index (χ0n) is 13.1. The quantitative estimate of drug-likeness (QED) is 0.745. The van der Waals surface area contributed by atoms with E-state index in [4.69, 9.17) is 4.74 Å². The minimum Gasteiger partial charge on any atom is -0.481 e. The molecule has 3 aliphatic rings. The first-order valence-corrected chi connectivity index (χ1v) is 8.08. The predicted octanol–water partition coefficient (Wildman–Crippen LogP) is 0.630. The third-order valence-corrected chi connectivity index (χ3v) is 5.09. The second-order valence-electron chi connectivity index (χ2n) is 6.75. The minimum absolute atomic E-state index is 0.139. The van der Waals surface area contributed by atoms with Gasteiger partial charge in [0.1, 0.15) is 5.92 Å². The maximum absolute atomic E-state index is 12.5. The highest BCUT2D eigenvalue weighted by Crippen LogP contribution is 2.39. The third kappa shape index (κ3) is 2.77. The van der Waals surface area contributed by atoms with E-state index in [0.29, 0.717) is 6.04 Å². The number of amides is 1. The van der Waals surface area contributed by atoms with Crippen LogP contribution in [0.4, 0.5) is 0 Å². The van der Waals surface area contributed by atoms with Gasteiger partial charge in [-0.05, 0) is 26.7 Å². The van der Waals surface area contributed by atoms with E-state index in [2.05, 4.69) is 24.1 Å². The second-order valence-corrected chi connectivity index (χ2v) is 6.75. The lowest BCUT2D eigenvalue weighted by molar-refractivity contribution is -0.146. The highest BCUT2D eigenvalue weighted by atomic mass is 16.5. The molecular weight excluding hydrogens is 284 g/mol. The standard InChI is InChI=1S/C16H24N2O4/c1-9(2)18-7-5-10(6-8-18)17-15(19)13-11-3-4-12(22-11)14(13)16(20)21/h3-4,9-14H,5-8H2,1-2H3,(H,17,19)(H,20,21)/t11-,12-,13-,14-/m0/s1. The second kappa shape index (κ2) is 6.01. The molecule has 6 nitrogen and oxygen atoms in total. The molecule has 1 amide bonds. The van der Waals surface area contributed by atoms with Gasteiger partial charge in [0.15, 0.2) is 0 Å². The zero-order valence-corrected chi connectivity index (χ0v) is 13.1. The summed E-state index contributed by atoms with van der Waals surface area (Å²) >= 11 is 0. The van der Waals surface area contributed by atoms with Crippen LogP contribution in [0, 0.1) is 11.8 Å². The van der Waals surface area contributed by atoms with Gasteiger partial charge in [0.2, 0.25) is 5.91 Å². The Morgan fingerprint density at radius 2 is 1.77 bits per heavy atom. The number of hydrogen-bond acceptors (Lipinski definition) is 4. The summed E-state index contributed by atoms with van der Waals surface area (Å²) < 4.78 is 5.56. The van der Waals surface area contributed by atoms with Crippen LogP contribution in [0.2, 0.25) is 0 Å². The number of rotatable bonds is 4. The van der Waals surface area contributed by atoms with Crippen LogP contribution < -0.4 is 5.32 Å². The van der Waals surface area contributed by atoms with Crippen molar-refractivity contribution in [3.8, 4) is 0 Å². The van der Waals surface area contributed by atoms with Crippen LogP contribution in [0.25, 0.3) is 0 Å². The summed E-state index contributed by atoms with van der Waals surface area (Å²) in [4.78, 5) is 26.3. The molecule has 0 aromatic heterocycles. The molecule has 3 heterocycles. The first-order chi connectivity index (χ1) is 10.5. The number of carbonyl (C=O) groups is 2. The van der Waals surface area contributed by atoms with Crippen LogP contribution in [0.1, 0.15) is 26.7 Å². The third-order valence-electron chi connectivity index (χ3n) is 5.09. The summed E-state index contributed by atoms with van der Waals surface area (Å²) in [6.07, 6.45) is 4.56. The highest BCUT2D eigenvalue weighted by molar-refractivity contribution is 5.87. The van der Waals surface area contributed by atoms with Gasteiger partial charge >= 0.3 is 5.97 Å². The fourth-order valence-corrected chi connectivity index (χ4v) is 3.77. The van der Waals surface area contributed by atoms with Gasteiger partial charge in [-0.1, -0.05) is 12.2 Å². The largest absolute Gasteiger partial charge is 0.481 e. The lowest BCUT2D eigenvalue weighted by atomic mass is 9.82. The lowest BCUT2D eigenvalue weighted by Gasteiger charge is -2.35. The van der Waals surface area contributed by atoms with E-state index in [-0.39, 0.29) is 18.1 Å². The van der Waals surface area contributed by atoms with Crippen molar-refractivity contribution < 1.29 is 19.4 Å². The van der Waals surface area contributed by atoms with Crippen molar-refractivity contribution in [1.29, 1.82) is 0 Å². The van der Waals surface area contributed by atoms with Crippen molar-refractivity contribution in [2.75, 3.05) is 13.1 Å². The number of fused-ring (bicyclic) bond motifs is 2. The van der Waals surface area contributed by atoms with Crippen LogP contribution in [-0.2, 0) is 14.3 Å². The van der Waals surface area contributed by atoms with E-state index in [1.165, 1.54) is 0 Å². The Morgan fingerprint density at radius 1 is 1.18 bits per heavy atom. The van der Waals surface area contributed by atoms with E-state index in [0.717, 1.165) is 25.9 Å². The molecule has 0 saturated carbocycles. The van der Waals surface area contributed by atoms with Crippen molar-refractivity contribution >= 4 is 11.9 Å². The van der Waals surface area contributed by atoms with Gasteiger partial charge in [0.05, 0.1) is 18.1 Å². The number of aliphatic carboxylic acids is 1. The molecule has 2 saturated heterocycles. The fraction of sp³-hybridized carbons (Fsp3) is 0.750. The average molecular weight is 308 g/mol. The SMILES string of the molecule is CC(C)N1CCC(NC(=O)[C@@H]2[C@@H](C(=O)O)[C@@H]3C=C[C@@H]2O3)CC1. The zero-order chi connectivity index (χ0) is 15.9. The Labute approximate surface area is 130 Å². The topological polar surface area (TPSA) is 78.9 Å². The molecule has 3 rings (SSSR count). The Bertz CT molecular complexity index is 483. The maximum atomic E-state index is 12.5. The van der Waals surface area contributed by atoms with Gasteiger partial charge in [-0.3, -0.25) is 9.59 Å². The number of likely N-dealkylation sites (tertiary alicyclic amines) is 1. The van der Waals surface area contributed by atoms with Crippen molar-refractivity contribution in [3.05, 3.63) is 12.2 Å². The first-order valence-electron chi connectivity index (χ1n) is 8.08. The van der Waals surface area contributed by atoms with E-state index < -0.39 is 23.9 Å². The molecular formula is C16H24N2O4. The van der Waals surface area contributed by atoms with Crippen LogP contribution in [0.3, 0.4) is 0 Å². The molecule has 3 aliphatic heterocycles. The molecule has 0 aromatic rings. The minimum atomic E-state index is -0.952. The number of nitrogens with zero attached hydrogens (tertiary/aromatic N) is 1. The predicted molar refractivity (Wildman–Crippen MR) is 80.3 cm³/mol. The fourth-order valence-electron chi connectivity index (χ4n) is 3.77. The lowest BCUT2D eigenvalue weighted by Crippen LogP contribution is -2.50. The van der Waals surface area contributed by atoms with E-state index in [1.807, 2.05) is 6.08 Å². The molecule has 2 fully saturated rings. The van der Waals surface area contributed by atoms with Crippen LogP contribution in [0.15, 0.2) is 12.2 Å². The van der Waals surface area contributed by atoms with E-state index in [9.17, 15) is 14.7 Å². The smallest absolute Gasteiger partial charge is 0.310 e. The number of carboxylic acids is 1. The summed E-state index contributed by atoms with van der Waals surface area (Å²) in [6.45, 7) is 6.29. The molecule has 2 bridgehead atoms. The first kappa shape index (κ1) is 15.5. The molecule has 0 radical (unpaired) electrons. The molecule has 0 aliphatic carbocycles. The Balaban J connectivity index is 1.58. The molecule has 0 aromatic carbocycles. The number of piperidine rings is 1. The van der Waals surface area contributed by atoms with Crippen LogP contribution >= 0.6 is 0 Å². The number of hydrogen-bond donors (Lipinski definition) is 2. The normalized spacial score (nSPS) is 35.2. The highest BCUT2D eigenvalue weighted by Gasteiger charge is 2.53. The summed E-state index contributed by atoms with van der Waals surface area (Å²) in [6, 6.07) is 0.664. The summed E-state index contributed by atoms with van der Waals surface area (Å²) in [5.41, 5.74) is 0. The van der Waals surface area contributed by atoms with E-state index in [1.54, 1.807) is 6.08 Å². The number of nitrogens with one attached hydrogen (secondary N) is 1. The number of carboxylic acid groups (broad SMARTS) is 1. The average Bonchev–Trinajstić information content (AvgIpc) is 3.08. The van der Waals surface area contributed by atoms with Gasteiger partial charge in [-0.25, -0.2) is 0 Å². The van der Waals surface area contributed by atoms with Crippen molar-refractivity contribution in [2.45, 2.75) is 51.0 Å². The molecule has 0 unspecified atom stereocenters. The molecule has 22 heavy (non-hydrogen) atoms. The monoisotopic (exact) mass is 308 g/mol. The molecule has 122 valence electrons. The molecule has 4 atom stereocenters. The maximum Gasteiger partial charge on any atom is 0.310 e. The Hall–Kier alpha value is -1.40. The van der Waals surface area contributed by atoms with Gasteiger partial charge in [0.25, 0.3) is 0 Å². The van der Waals surface area contributed by atoms with Gasteiger partial charge in [-0.2, -0.15) is 0 Å². The van der Waals surface area contributed by atoms with Gasteiger partial charge in [0, 0.05) is 25.2 Å². The number of ether oxygens (including phenoxy) is 1. The van der Waals surface area contributed by atoms with E-state index >= 15 is 0 Å². The Morgan fingerprint density at radius 3 is 2.32 bits per heavy atom. The van der Waals surface area contributed by atoms with Crippen LogP contribution in [-0.4, -0.2) is 59.3 Å². The van der Waals surface area contributed by atoms with Gasteiger partial charge in [-0.15, -0.1) is 0 Å². The van der Waals surface area contributed by atoms with Crippen molar-refractivity contribution in [3.63, 3.8) is 0 Å². The Kier molecular flexibility index (Phi) is 4.23. The molecule has 6 heteroatoms. The number of carbonyl (C=O) groups excluding carboxylic acids is 1. The summed E-state index contributed by atoms with van der Waals surface area (Å²) in [5, 5.41) is 12.4. The van der Waals surface area contributed by atoms with Crippen molar-refractivity contribution in [2.24, 2.45) is 11.8 Å². The van der Waals surface area contributed by atoms with Gasteiger partial charge < -0.3 is 20.1 Å².